The Balaban J connectivity index is 3.61. The van der Waals surface area contributed by atoms with Crippen LogP contribution in [0.25, 0.3) is 0 Å². The molecule has 0 spiro atoms. The van der Waals surface area contributed by atoms with Crippen LogP contribution < -0.4 is 5.32 Å². The van der Waals surface area contributed by atoms with Crippen LogP contribution in [0, 0.1) is 0 Å². The minimum Gasteiger partial charge on any atom is -0.480 e. The van der Waals surface area contributed by atoms with Gasteiger partial charge in [0.15, 0.2) is 0 Å². The number of hydrogen-bond acceptors (Lipinski definition) is 3. The lowest BCUT2D eigenvalue weighted by atomic mass is 10.2. The van der Waals surface area contributed by atoms with E-state index in [0.717, 1.165) is 0 Å². The van der Waals surface area contributed by atoms with Crippen LogP contribution in [0.15, 0.2) is 0 Å². The standard InChI is InChI=1S/C6H13NO3/c1-2-7-5(3-4-8)6(9)10/h5,7-8H,2-4H2,1H3,(H,9,10)/t5-/m0/s1. The van der Waals surface area contributed by atoms with E-state index in [9.17, 15) is 4.79 Å². The topological polar surface area (TPSA) is 69.6 Å². The third-order valence-corrected chi connectivity index (χ3v) is 1.17. The van der Waals surface area contributed by atoms with E-state index in [1.165, 1.54) is 0 Å². The quantitative estimate of drug-likeness (QED) is 0.487. The molecule has 3 N–H and O–H groups in total. The van der Waals surface area contributed by atoms with Gasteiger partial charge in [-0.2, -0.15) is 0 Å². The van der Waals surface area contributed by atoms with Crippen LogP contribution in [0.4, 0.5) is 0 Å². The molecule has 0 aromatic heterocycles. The van der Waals surface area contributed by atoms with Crippen molar-refractivity contribution in [3.8, 4) is 0 Å². The third-order valence-electron chi connectivity index (χ3n) is 1.17. The molecule has 0 fully saturated rings. The number of aliphatic carboxylic acids is 1. The molecule has 0 aliphatic carbocycles. The van der Waals surface area contributed by atoms with Crippen LogP contribution in [0.5, 0.6) is 0 Å². The van der Waals surface area contributed by atoms with Gasteiger partial charge in [-0.05, 0) is 13.0 Å². The largest absolute Gasteiger partial charge is 0.480 e. The fourth-order valence-corrected chi connectivity index (χ4v) is 0.688. The fourth-order valence-electron chi connectivity index (χ4n) is 0.688. The molecule has 0 aromatic carbocycles. The maximum Gasteiger partial charge on any atom is 0.320 e. The van der Waals surface area contributed by atoms with Crippen molar-refractivity contribution in [3.63, 3.8) is 0 Å². The lowest BCUT2D eigenvalue weighted by Gasteiger charge is -2.09. The van der Waals surface area contributed by atoms with Crippen molar-refractivity contribution in [2.24, 2.45) is 0 Å². The van der Waals surface area contributed by atoms with Crippen LogP contribution in [-0.2, 0) is 4.79 Å². The van der Waals surface area contributed by atoms with Gasteiger partial charge in [-0.3, -0.25) is 4.79 Å². The normalized spacial score (nSPS) is 13.0. The minimum absolute atomic E-state index is 0.0933. The summed E-state index contributed by atoms with van der Waals surface area (Å²) in [5, 5.41) is 19.6. The van der Waals surface area contributed by atoms with E-state index in [4.69, 9.17) is 10.2 Å². The summed E-state index contributed by atoms with van der Waals surface area (Å²) in [6.07, 6.45) is 0.267. The van der Waals surface area contributed by atoms with Gasteiger partial charge in [-0.1, -0.05) is 6.92 Å². The van der Waals surface area contributed by atoms with Gasteiger partial charge in [0.2, 0.25) is 0 Å². The number of carboxylic acids is 1. The van der Waals surface area contributed by atoms with Crippen molar-refractivity contribution >= 4 is 5.97 Å². The highest BCUT2D eigenvalue weighted by Gasteiger charge is 2.13. The van der Waals surface area contributed by atoms with Crippen molar-refractivity contribution in [2.75, 3.05) is 13.2 Å². The van der Waals surface area contributed by atoms with Gasteiger partial charge >= 0.3 is 5.97 Å². The highest BCUT2D eigenvalue weighted by molar-refractivity contribution is 5.73. The number of carboxylic acid groups (broad SMARTS) is 1. The van der Waals surface area contributed by atoms with Crippen LogP contribution in [-0.4, -0.2) is 35.4 Å². The van der Waals surface area contributed by atoms with E-state index in [-0.39, 0.29) is 13.0 Å². The van der Waals surface area contributed by atoms with Gasteiger partial charge in [0.25, 0.3) is 0 Å². The zero-order chi connectivity index (χ0) is 7.98. The predicted octanol–water partition coefficient (Wildman–Crippen LogP) is -0.569. The SMILES string of the molecule is CCN[C@@H](CCO)C(=O)O. The fraction of sp³-hybridized carbons (Fsp3) is 0.833. The Hall–Kier alpha value is -0.610. The highest BCUT2D eigenvalue weighted by atomic mass is 16.4. The van der Waals surface area contributed by atoms with Crippen LogP contribution in [0.2, 0.25) is 0 Å². The molecule has 4 nitrogen and oxygen atoms in total. The molecule has 0 radical (unpaired) electrons. The molecule has 0 aliphatic heterocycles. The number of aliphatic hydroxyl groups excluding tert-OH is 1. The Labute approximate surface area is 59.9 Å². The van der Waals surface area contributed by atoms with E-state index in [0.29, 0.717) is 6.54 Å². The van der Waals surface area contributed by atoms with Gasteiger partial charge < -0.3 is 15.5 Å². The van der Waals surface area contributed by atoms with Gasteiger partial charge in [-0.15, -0.1) is 0 Å². The first kappa shape index (κ1) is 9.39. The number of aliphatic hydroxyl groups is 1. The summed E-state index contributed by atoms with van der Waals surface area (Å²) in [5.74, 6) is -0.907. The molecule has 0 aliphatic rings. The third kappa shape index (κ3) is 3.42. The Morgan fingerprint density at radius 3 is 2.60 bits per heavy atom. The van der Waals surface area contributed by atoms with Crippen molar-refractivity contribution in [2.45, 2.75) is 19.4 Å². The number of carbonyl (C=O) groups is 1. The average molecular weight is 147 g/mol. The van der Waals surface area contributed by atoms with Crippen LogP contribution in [0.1, 0.15) is 13.3 Å². The summed E-state index contributed by atoms with van der Waals surface area (Å²) in [6.45, 7) is 2.34. The Morgan fingerprint density at radius 1 is 1.70 bits per heavy atom. The Morgan fingerprint density at radius 2 is 2.30 bits per heavy atom. The first-order chi connectivity index (χ1) is 4.72. The summed E-state index contributed by atoms with van der Waals surface area (Å²) in [5.41, 5.74) is 0. The zero-order valence-electron chi connectivity index (χ0n) is 6.00. The molecule has 1 atom stereocenters. The smallest absolute Gasteiger partial charge is 0.320 e. The van der Waals surface area contributed by atoms with Crippen LogP contribution >= 0.6 is 0 Å². The van der Waals surface area contributed by atoms with E-state index in [2.05, 4.69) is 5.32 Å². The summed E-state index contributed by atoms with van der Waals surface area (Å²) >= 11 is 0. The number of nitrogens with one attached hydrogen (secondary N) is 1. The maximum atomic E-state index is 10.3. The molecule has 0 bridgehead atoms. The van der Waals surface area contributed by atoms with Crippen LogP contribution in [0.3, 0.4) is 0 Å². The maximum absolute atomic E-state index is 10.3. The summed E-state index contributed by atoms with van der Waals surface area (Å²) < 4.78 is 0. The van der Waals surface area contributed by atoms with Crippen molar-refractivity contribution in [3.05, 3.63) is 0 Å². The van der Waals surface area contributed by atoms with Gasteiger partial charge in [0.1, 0.15) is 6.04 Å². The molecule has 0 saturated carbocycles. The molecule has 0 rings (SSSR count). The number of rotatable bonds is 5. The van der Waals surface area contributed by atoms with Crippen molar-refractivity contribution in [1.29, 1.82) is 0 Å². The molecule has 0 aromatic rings. The summed E-state index contributed by atoms with van der Waals surface area (Å²) in [7, 11) is 0. The van der Waals surface area contributed by atoms with E-state index >= 15 is 0 Å². The zero-order valence-corrected chi connectivity index (χ0v) is 6.00. The number of hydrogen-bond donors (Lipinski definition) is 3. The van der Waals surface area contributed by atoms with E-state index in [1.54, 1.807) is 0 Å². The monoisotopic (exact) mass is 147 g/mol. The molecule has 4 heteroatoms. The molecule has 0 unspecified atom stereocenters. The second-order valence-corrected chi connectivity index (χ2v) is 1.96. The number of likely N-dealkylation sites (N-methyl/N-ethyl adjacent to an activating group) is 1. The molecular formula is C6H13NO3. The molecule has 0 saturated heterocycles. The first-order valence-corrected chi connectivity index (χ1v) is 3.29. The molecule has 60 valence electrons. The molecule has 0 heterocycles. The Bertz CT molecular complexity index is 99.2. The molecular weight excluding hydrogens is 134 g/mol. The average Bonchev–Trinajstić information content (AvgIpc) is 1.87. The first-order valence-electron chi connectivity index (χ1n) is 3.29. The van der Waals surface area contributed by atoms with Gasteiger partial charge in [0, 0.05) is 6.61 Å². The predicted molar refractivity (Wildman–Crippen MR) is 36.8 cm³/mol. The Kier molecular flexibility index (Phi) is 4.88. The molecule has 10 heavy (non-hydrogen) atoms. The van der Waals surface area contributed by atoms with E-state index < -0.39 is 12.0 Å². The molecule has 0 amide bonds. The summed E-state index contributed by atoms with van der Waals surface area (Å²) in [4.78, 5) is 10.3. The lowest BCUT2D eigenvalue weighted by molar-refractivity contribution is -0.139. The summed E-state index contributed by atoms with van der Waals surface area (Å²) in [6, 6.07) is -0.602. The van der Waals surface area contributed by atoms with Crippen molar-refractivity contribution in [1.82, 2.24) is 5.32 Å². The lowest BCUT2D eigenvalue weighted by Crippen LogP contribution is -2.37. The minimum atomic E-state index is -0.907. The van der Waals surface area contributed by atoms with Gasteiger partial charge in [-0.25, -0.2) is 0 Å². The van der Waals surface area contributed by atoms with Crippen molar-refractivity contribution < 1.29 is 15.0 Å². The van der Waals surface area contributed by atoms with Gasteiger partial charge in [0.05, 0.1) is 0 Å². The second-order valence-electron chi connectivity index (χ2n) is 1.96. The second kappa shape index (κ2) is 5.20. The van der Waals surface area contributed by atoms with E-state index in [1.807, 2.05) is 6.92 Å². The highest BCUT2D eigenvalue weighted by Crippen LogP contribution is 1.89.